The molecular weight excluding hydrogens is 396 g/mol. The lowest BCUT2D eigenvalue weighted by Crippen LogP contribution is -2.33. The van der Waals surface area contributed by atoms with Crippen molar-refractivity contribution in [2.75, 3.05) is 11.3 Å². The van der Waals surface area contributed by atoms with Crippen molar-refractivity contribution in [1.29, 1.82) is 0 Å². The van der Waals surface area contributed by atoms with E-state index < -0.39 is 34.6 Å². The predicted molar refractivity (Wildman–Crippen MR) is 108 cm³/mol. The lowest BCUT2D eigenvalue weighted by atomic mass is 10.1. The molecule has 2 aromatic rings. The van der Waals surface area contributed by atoms with Gasteiger partial charge in [-0.05, 0) is 62.7 Å². The lowest BCUT2D eigenvalue weighted by molar-refractivity contribution is -0.124. The van der Waals surface area contributed by atoms with Gasteiger partial charge in [0.1, 0.15) is 0 Å². The number of sulfonamides is 1. The van der Waals surface area contributed by atoms with Crippen LogP contribution in [0.15, 0.2) is 53.4 Å². The highest BCUT2D eigenvalue weighted by Gasteiger charge is 2.16. The normalized spacial score (nSPS) is 12.3. The first kappa shape index (κ1) is 22.4. The van der Waals surface area contributed by atoms with E-state index in [2.05, 4.69) is 10.0 Å². The topological polar surface area (TPSA) is 122 Å². The van der Waals surface area contributed by atoms with Crippen molar-refractivity contribution in [3.63, 3.8) is 0 Å². The van der Waals surface area contributed by atoms with Gasteiger partial charge >= 0.3 is 5.97 Å². The maximum atomic E-state index is 12.5. The summed E-state index contributed by atoms with van der Waals surface area (Å²) in [5.41, 5.74) is 1.05. The molecule has 0 spiro atoms. The number of nitrogens with one attached hydrogen (secondary N) is 2. The summed E-state index contributed by atoms with van der Waals surface area (Å²) in [6.45, 7) is 4.78. The van der Waals surface area contributed by atoms with Crippen molar-refractivity contribution in [3.8, 4) is 0 Å². The van der Waals surface area contributed by atoms with Gasteiger partial charge < -0.3 is 15.2 Å². The fourth-order valence-corrected chi connectivity index (χ4v) is 3.45. The van der Waals surface area contributed by atoms with Crippen LogP contribution in [-0.4, -0.2) is 38.0 Å². The minimum absolute atomic E-state index is 0.0431. The molecule has 9 heteroatoms. The van der Waals surface area contributed by atoms with Crippen LogP contribution in [0, 0.1) is 0 Å². The molecule has 29 heavy (non-hydrogen) atoms. The zero-order chi connectivity index (χ0) is 21.6. The molecule has 2 aromatic carbocycles. The zero-order valence-electron chi connectivity index (χ0n) is 16.4. The van der Waals surface area contributed by atoms with Gasteiger partial charge in [-0.1, -0.05) is 12.1 Å². The van der Waals surface area contributed by atoms with Crippen LogP contribution in [0.1, 0.15) is 42.8 Å². The second-order valence-electron chi connectivity index (χ2n) is 6.73. The van der Waals surface area contributed by atoms with E-state index in [4.69, 9.17) is 4.74 Å². The molecule has 0 fully saturated rings. The molecule has 156 valence electrons. The van der Waals surface area contributed by atoms with Crippen LogP contribution in [0.3, 0.4) is 0 Å². The van der Waals surface area contributed by atoms with Gasteiger partial charge in [0.05, 0.1) is 16.6 Å². The maximum absolute atomic E-state index is 12.5. The Balaban J connectivity index is 2.00. The smallest absolute Gasteiger partial charge is 0.338 e. The molecule has 0 aliphatic heterocycles. The molecule has 3 N–H and O–H groups in total. The van der Waals surface area contributed by atoms with E-state index in [1.807, 2.05) is 0 Å². The molecule has 1 atom stereocenters. The van der Waals surface area contributed by atoms with Crippen LogP contribution >= 0.6 is 0 Å². The van der Waals surface area contributed by atoms with Crippen molar-refractivity contribution < 1.29 is 27.9 Å². The molecule has 0 unspecified atom stereocenters. The van der Waals surface area contributed by atoms with Gasteiger partial charge in [0.15, 0.2) is 6.61 Å². The van der Waals surface area contributed by atoms with Crippen molar-refractivity contribution in [2.45, 2.75) is 37.8 Å². The molecule has 8 nitrogen and oxygen atoms in total. The van der Waals surface area contributed by atoms with E-state index in [1.165, 1.54) is 48.5 Å². The lowest BCUT2D eigenvalue weighted by Gasteiger charge is -2.11. The third-order valence-corrected chi connectivity index (χ3v) is 5.23. The summed E-state index contributed by atoms with van der Waals surface area (Å²) in [5, 5.41) is 12.1. The van der Waals surface area contributed by atoms with Crippen LogP contribution in [0.5, 0.6) is 0 Å². The molecule has 0 heterocycles. The molecule has 0 saturated carbocycles. The Bertz CT molecular complexity index is 951. The largest absolute Gasteiger partial charge is 0.452 e. The minimum Gasteiger partial charge on any atom is -0.452 e. The summed E-state index contributed by atoms with van der Waals surface area (Å²) in [6.07, 6.45) is -0.691. The number of benzene rings is 2. The minimum atomic E-state index is -3.82. The van der Waals surface area contributed by atoms with Gasteiger partial charge in [-0.2, -0.15) is 0 Å². The Morgan fingerprint density at radius 2 is 1.59 bits per heavy atom. The number of aliphatic hydroxyl groups excluding tert-OH is 1. The summed E-state index contributed by atoms with van der Waals surface area (Å²) in [7, 11) is -3.82. The molecule has 0 aliphatic rings. The second-order valence-corrected chi connectivity index (χ2v) is 8.41. The van der Waals surface area contributed by atoms with Gasteiger partial charge in [-0.3, -0.25) is 9.52 Å². The Kier molecular flexibility index (Phi) is 7.35. The van der Waals surface area contributed by atoms with Gasteiger partial charge in [0, 0.05) is 11.7 Å². The van der Waals surface area contributed by atoms with E-state index in [0.717, 1.165) is 0 Å². The van der Waals surface area contributed by atoms with Crippen LogP contribution < -0.4 is 10.0 Å². The van der Waals surface area contributed by atoms with Crippen molar-refractivity contribution in [1.82, 2.24) is 5.32 Å². The molecular formula is C20H24N2O6S. The van der Waals surface area contributed by atoms with Crippen molar-refractivity contribution >= 4 is 27.6 Å². The Morgan fingerprint density at radius 3 is 2.10 bits per heavy atom. The van der Waals surface area contributed by atoms with Crippen LogP contribution in [0.25, 0.3) is 0 Å². The number of esters is 1. The second kappa shape index (κ2) is 9.53. The first-order valence-corrected chi connectivity index (χ1v) is 10.4. The summed E-state index contributed by atoms with van der Waals surface area (Å²) >= 11 is 0. The zero-order valence-corrected chi connectivity index (χ0v) is 17.2. The first-order chi connectivity index (χ1) is 13.6. The number of rotatable bonds is 8. The highest BCUT2D eigenvalue weighted by Crippen LogP contribution is 2.19. The van der Waals surface area contributed by atoms with Crippen LogP contribution in [0.4, 0.5) is 5.69 Å². The van der Waals surface area contributed by atoms with Crippen molar-refractivity contribution in [3.05, 3.63) is 59.7 Å². The van der Waals surface area contributed by atoms with Gasteiger partial charge in [0.25, 0.3) is 15.9 Å². The Hall–Kier alpha value is -2.91. The quantitative estimate of drug-likeness (QED) is 0.563. The summed E-state index contributed by atoms with van der Waals surface area (Å²) in [5.74, 6) is -1.09. The van der Waals surface area contributed by atoms with Crippen LogP contribution in [0.2, 0.25) is 0 Å². The summed E-state index contributed by atoms with van der Waals surface area (Å²) in [4.78, 5) is 23.5. The molecule has 0 aromatic heterocycles. The number of ether oxygens (including phenoxy) is 1. The Morgan fingerprint density at radius 1 is 1.00 bits per heavy atom. The fraction of sp³-hybridized carbons (Fsp3) is 0.300. The summed E-state index contributed by atoms with van der Waals surface area (Å²) in [6, 6.07) is 11.5. The number of anilines is 1. The number of carbonyl (C=O) groups is 2. The SMILES string of the molecule is CC(C)NC(=O)COC(=O)c1ccc(NS(=O)(=O)c2ccc([C@H](C)O)cc2)cc1. The molecule has 0 bridgehead atoms. The number of carbonyl (C=O) groups excluding carboxylic acids is 2. The Labute approximate surface area is 169 Å². The molecule has 0 radical (unpaired) electrons. The third kappa shape index (κ3) is 6.58. The van der Waals surface area contributed by atoms with E-state index in [-0.39, 0.29) is 22.2 Å². The van der Waals surface area contributed by atoms with E-state index in [1.54, 1.807) is 20.8 Å². The molecule has 0 aliphatic carbocycles. The summed E-state index contributed by atoms with van der Waals surface area (Å²) < 4.78 is 32.3. The van der Waals surface area contributed by atoms with Crippen molar-refractivity contribution in [2.24, 2.45) is 0 Å². The third-order valence-electron chi connectivity index (χ3n) is 3.83. The maximum Gasteiger partial charge on any atom is 0.338 e. The van der Waals surface area contributed by atoms with E-state index in [9.17, 15) is 23.1 Å². The predicted octanol–water partition coefficient (Wildman–Crippen LogP) is 2.22. The fourth-order valence-electron chi connectivity index (χ4n) is 2.39. The standard InChI is InChI=1S/C20H24N2O6S/c1-13(2)21-19(24)12-28-20(25)16-4-8-17(9-5-16)22-29(26,27)18-10-6-15(7-11-18)14(3)23/h4-11,13-14,22-23H,12H2,1-3H3,(H,21,24)/t14-/m0/s1. The average molecular weight is 420 g/mol. The van der Waals surface area contributed by atoms with E-state index >= 15 is 0 Å². The van der Waals surface area contributed by atoms with Crippen LogP contribution in [-0.2, 0) is 19.6 Å². The molecule has 2 rings (SSSR count). The van der Waals surface area contributed by atoms with Gasteiger partial charge in [-0.25, -0.2) is 13.2 Å². The first-order valence-electron chi connectivity index (χ1n) is 8.96. The number of hydrogen-bond acceptors (Lipinski definition) is 6. The number of amides is 1. The molecule has 1 amide bonds. The highest BCUT2D eigenvalue weighted by atomic mass is 32.2. The van der Waals surface area contributed by atoms with Gasteiger partial charge in [0.2, 0.25) is 0 Å². The van der Waals surface area contributed by atoms with E-state index in [0.29, 0.717) is 5.56 Å². The van der Waals surface area contributed by atoms with Gasteiger partial charge in [-0.15, -0.1) is 0 Å². The highest BCUT2D eigenvalue weighted by molar-refractivity contribution is 7.92. The molecule has 0 saturated heterocycles. The monoisotopic (exact) mass is 420 g/mol. The number of aliphatic hydroxyl groups is 1. The number of hydrogen-bond donors (Lipinski definition) is 3. The average Bonchev–Trinajstić information content (AvgIpc) is 2.66.